The van der Waals surface area contributed by atoms with Gasteiger partial charge < -0.3 is 0 Å². The quantitative estimate of drug-likeness (QED) is 0.303. The van der Waals surface area contributed by atoms with Crippen LogP contribution in [-0.4, -0.2) is 0 Å². The van der Waals surface area contributed by atoms with Gasteiger partial charge in [-0.15, -0.1) is 0 Å². The summed E-state index contributed by atoms with van der Waals surface area (Å²) >= 11 is 3.15. The molecule has 0 aromatic carbocycles. The van der Waals surface area contributed by atoms with Crippen molar-refractivity contribution >= 4 is 22.4 Å². The van der Waals surface area contributed by atoms with Crippen LogP contribution in [0.5, 0.6) is 0 Å². The van der Waals surface area contributed by atoms with Gasteiger partial charge >= 0.3 is 10.7 Å². The summed E-state index contributed by atoms with van der Waals surface area (Å²) in [6, 6.07) is 0. The van der Waals surface area contributed by atoms with E-state index in [4.69, 9.17) is 4.21 Å². The first-order chi connectivity index (χ1) is 5.83. The van der Waals surface area contributed by atoms with Gasteiger partial charge in [0.15, 0.2) is 0 Å². The molecule has 0 aromatic heterocycles. The second kappa shape index (κ2) is 17.5. The zero-order valence-electron chi connectivity index (χ0n) is 8.21. The normalized spacial score (nSPS) is 8.58. The fourth-order valence-corrected chi connectivity index (χ4v) is 1.03. The van der Waals surface area contributed by atoms with E-state index in [1.807, 2.05) is 0 Å². The average Bonchev–Trinajstić information content (AvgIpc) is 2.06. The molecule has 0 aromatic rings. The molecule has 0 aliphatic carbocycles. The molecular formula is C9H21OS2+. The topological polar surface area (TPSA) is 17.1 Å². The summed E-state index contributed by atoms with van der Waals surface area (Å²) < 4.78 is 8.71. The maximum atomic E-state index is 8.71. The van der Waals surface area contributed by atoms with Crippen LogP contribution in [0.4, 0.5) is 0 Å². The van der Waals surface area contributed by atoms with Gasteiger partial charge in [-0.05, 0) is 0 Å². The van der Waals surface area contributed by atoms with E-state index in [0.29, 0.717) is 0 Å². The van der Waals surface area contributed by atoms with E-state index in [2.05, 4.69) is 25.5 Å². The van der Waals surface area contributed by atoms with Crippen molar-refractivity contribution in [1.29, 1.82) is 0 Å². The third kappa shape index (κ3) is 22.4. The van der Waals surface area contributed by atoms with Crippen LogP contribution < -0.4 is 0 Å². The molecule has 0 amide bonds. The van der Waals surface area contributed by atoms with Crippen LogP contribution in [0.1, 0.15) is 58.8 Å². The Kier molecular flexibility index (Phi) is 21.6. The van der Waals surface area contributed by atoms with Crippen molar-refractivity contribution in [3.63, 3.8) is 0 Å². The lowest BCUT2D eigenvalue weighted by Gasteiger charge is -1.96. The SMILES string of the molecule is CCCCCCCCC.O=[S+]S. The smallest absolute Gasteiger partial charge is 0.0654 e. The molecule has 0 aliphatic heterocycles. The van der Waals surface area contributed by atoms with Crippen LogP contribution in [0.3, 0.4) is 0 Å². The molecule has 0 bridgehead atoms. The summed E-state index contributed by atoms with van der Waals surface area (Å²) in [7, 11) is 0.194. The highest BCUT2D eigenvalue weighted by molar-refractivity contribution is 8.51. The summed E-state index contributed by atoms with van der Waals surface area (Å²) in [5.41, 5.74) is 0. The molecule has 3 heteroatoms. The summed E-state index contributed by atoms with van der Waals surface area (Å²) in [6.07, 6.45) is 9.97. The van der Waals surface area contributed by atoms with Gasteiger partial charge in [0.05, 0.1) is 4.21 Å². The van der Waals surface area contributed by atoms with Crippen LogP contribution >= 0.6 is 11.7 Å². The van der Waals surface area contributed by atoms with Crippen LogP contribution in [0, 0.1) is 0 Å². The Hall–Kier alpha value is 0.370. The first kappa shape index (κ1) is 14.9. The fourth-order valence-electron chi connectivity index (χ4n) is 1.03. The number of hydrogen-bond acceptors (Lipinski definition) is 1. The first-order valence-corrected chi connectivity index (χ1v) is 6.56. The third-order valence-electron chi connectivity index (χ3n) is 1.71. The summed E-state index contributed by atoms with van der Waals surface area (Å²) in [5.74, 6) is 0. The minimum absolute atomic E-state index is 0.194. The highest BCUT2D eigenvalue weighted by atomic mass is 33.1. The van der Waals surface area contributed by atoms with Gasteiger partial charge in [0.1, 0.15) is 0 Å². The molecule has 0 N–H and O–H groups in total. The molecule has 0 atom stereocenters. The lowest BCUT2D eigenvalue weighted by atomic mass is 10.1. The minimum Gasteiger partial charge on any atom is -0.0654 e. The number of hydrogen-bond donors (Lipinski definition) is 1. The predicted molar refractivity (Wildman–Crippen MR) is 60.7 cm³/mol. The van der Waals surface area contributed by atoms with Gasteiger partial charge in [0.25, 0.3) is 0 Å². The van der Waals surface area contributed by atoms with Crippen molar-refractivity contribution in [2.45, 2.75) is 58.8 Å². The lowest BCUT2D eigenvalue weighted by molar-refractivity contribution is 0.602. The van der Waals surface area contributed by atoms with Crippen LogP contribution in [-0.2, 0) is 14.9 Å². The molecule has 0 radical (unpaired) electrons. The van der Waals surface area contributed by atoms with E-state index in [-0.39, 0.29) is 10.7 Å². The van der Waals surface area contributed by atoms with Gasteiger partial charge in [-0.2, -0.15) is 0 Å². The number of unbranched alkanes of at least 4 members (excludes halogenated alkanes) is 6. The monoisotopic (exact) mass is 209 g/mol. The largest absolute Gasteiger partial charge is 0.545 e. The Morgan fingerprint density at radius 2 is 1.17 bits per heavy atom. The van der Waals surface area contributed by atoms with E-state index >= 15 is 0 Å². The van der Waals surface area contributed by atoms with E-state index in [0.717, 1.165) is 0 Å². The summed E-state index contributed by atoms with van der Waals surface area (Å²) in [5, 5.41) is 0. The van der Waals surface area contributed by atoms with Crippen molar-refractivity contribution in [2.24, 2.45) is 0 Å². The molecule has 0 rings (SSSR count). The highest BCUT2D eigenvalue weighted by Crippen LogP contribution is 2.05. The zero-order valence-corrected chi connectivity index (χ0v) is 9.92. The van der Waals surface area contributed by atoms with Gasteiger partial charge in [0, 0.05) is 0 Å². The fraction of sp³-hybridized carbons (Fsp3) is 1.00. The minimum atomic E-state index is 0.194. The van der Waals surface area contributed by atoms with Crippen molar-refractivity contribution in [3.05, 3.63) is 0 Å². The predicted octanol–water partition coefficient (Wildman–Crippen LogP) is 4.02. The molecule has 0 aliphatic rings. The van der Waals surface area contributed by atoms with E-state index in [1.54, 1.807) is 0 Å². The Morgan fingerprint density at radius 1 is 0.917 bits per heavy atom. The summed E-state index contributed by atoms with van der Waals surface area (Å²) in [4.78, 5) is 0. The molecule has 0 spiro atoms. The Labute approximate surface area is 85.6 Å². The molecule has 74 valence electrons. The Morgan fingerprint density at radius 3 is 1.42 bits per heavy atom. The second-order valence-electron chi connectivity index (χ2n) is 2.84. The van der Waals surface area contributed by atoms with E-state index in [9.17, 15) is 0 Å². The van der Waals surface area contributed by atoms with Crippen LogP contribution in [0.15, 0.2) is 0 Å². The molecule has 0 fully saturated rings. The number of rotatable bonds is 6. The molecular weight excluding hydrogens is 188 g/mol. The molecule has 0 saturated carbocycles. The van der Waals surface area contributed by atoms with Crippen molar-refractivity contribution in [2.75, 3.05) is 0 Å². The maximum Gasteiger partial charge on any atom is 0.545 e. The van der Waals surface area contributed by atoms with Crippen molar-refractivity contribution < 1.29 is 4.21 Å². The summed E-state index contributed by atoms with van der Waals surface area (Å²) in [6.45, 7) is 4.53. The van der Waals surface area contributed by atoms with E-state index < -0.39 is 0 Å². The first-order valence-electron chi connectivity index (χ1n) is 4.76. The van der Waals surface area contributed by atoms with Gasteiger partial charge in [-0.25, -0.2) is 0 Å². The average molecular weight is 209 g/mol. The maximum absolute atomic E-state index is 8.71. The van der Waals surface area contributed by atoms with Crippen molar-refractivity contribution in [3.8, 4) is 0 Å². The molecule has 0 saturated heterocycles. The van der Waals surface area contributed by atoms with Crippen LogP contribution in [0.2, 0.25) is 0 Å². The number of thiol groups is 1. The van der Waals surface area contributed by atoms with Gasteiger partial charge in [-0.1, -0.05) is 58.8 Å². The molecule has 12 heavy (non-hydrogen) atoms. The standard InChI is InChI=1S/C9H20.OS2/c1-3-5-7-9-8-6-4-2;1-3-2/h3-9H2,1-2H3;/p+1. The van der Waals surface area contributed by atoms with E-state index in [1.165, 1.54) is 44.9 Å². The third-order valence-corrected chi connectivity index (χ3v) is 1.71. The highest BCUT2D eigenvalue weighted by Gasteiger charge is 1.85. The van der Waals surface area contributed by atoms with Gasteiger partial charge in [-0.3, -0.25) is 0 Å². The molecule has 0 heterocycles. The molecule has 1 nitrogen and oxygen atoms in total. The second-order valence-corrected chi connectivity index (χ2v) is 3.44. The Balaban J connectivity index is 0. The van der Waals surface area contributed by atoms with Crippen molar-refractivity contribution in [1.82, 2.24) is 0 Å². The van der Waals surface area contributed by atoms with Gasteiger partial charge in [0.2, 0.25) is 11.7 Å². The molecule has 0 unspecified atom stereocenters. The Bertz CT molecular complexity index is 70.9. The van der Waals surface area contributed by atoms with Crippen LogP contribution in [0.25, 0.3) is 0 Å². The zero-order chi connectivity index (χ0) is 9.66. The lowest BCUT2D eigenvalue weighted by Crippen LogP contribution is -1.76.